The molecule has 1 unspecified atom stereocenters. The van der Waals surface area contributed by atoms with Crippen LogP contribution in [0.3, 0.4) is 0 Å². The number of nitrogens with one attached hydrogen (secondary N) is 2. The fourth-order valence-electron chi connectivity index (χ4n) is 9.14. The first-order valence-corrected chi connectivity index (χ1v) is 22.1. The second-order valence-electron chi connectivity index (χ2n) is 16.2. The summed E-state index contributed by atoms with van der Waals surface area (Å²) in [4.78, 5) is 59.1. The third-order valence-corrected chi connectivity index (χ3v) is 13.8. The lowest BCUT2D eigenvalue weighted by molar-refractivity contribution is -0.134. The van der Waals surface area contributed by atoms with E-state index in [0.29, 0.717) is 58.1 Å². The molecular formula is C44H49IN10O4. The van der Waals surface area contributed by atoms with Gasteiger partial charge in [0.25, 0.3) is 5.56 Å². The molecule has 3 aliphatic heterocycles. The van der Waals surface area contributed by atoms with Crippen LogP contribution in [0, 0.1) is 5.92 Å². The van der Waals surface area contributed by atoms with Crippen molar-refractivity contribution in [1.82, 2.24) is 34.5 Å². The monoisotopic (exact) mass is 908 g/mol. The summed E-state index contributed by atoms with van der Waals surface area (Å²) in [5.41, 5.74) is 5.05. The normalized spacial score (nSPS) is 21.5. The zero-order valence-corrected chi connectivity index (χ0v) is 35.2. The molecule has 0 bridgehead atoms. The van der Waals surface area contributed by atoms with Crippen LogP contribution in [0.5, 0.6) is 0 Å². The quantitative estimate of drug-likeness (QED) is 0.0708. The van der Waals surface area contributed by atoms with Gasteiger partial charge >= 0.3 is 0 Å². The second-order valence-corrected chi connectivity index (χ2v) is 17.0. The molecule has 0 spiro atoms. The van der Waals surface area contributed by atoms with E-state index in [4.69, 9.17) is 9.97 Å². The van der Waals surface area contributed by atoms with Gasteiger partial charge < -0.3 is 20.2 Å². The predicted octanol–water partition coefficient (Wildman–Crippen LogP) is 5.03. The van der Waals surface area contributed by atoms with E-state index in [2.05, 4.69) is 83.8 Å². The number of amides is 2. The highest BCUT2D eigenvalue weighted by Crippen LogP contribution is 2.38. The van der Waals surface area contributed by atoms with Gasteiger partial charge in [0.15, 0.2) is 11.5 Å². The molecule has 2 amide bonds. The predicted molar refractivity (Wildman–Crippen MR) is 237 cm³/mol. The highest BCUT2D eigenvalue weighted by atomic mass is 127. The van der Waals surface area contributed by atoms with E-state index in [9.17, 15) is 19.5 Å². The Morgan fingerprint density at radius 2 is 1.59 bits per heavy atom. The molecule has 14 nitrogen and oxygen atoms in total. The van der Waals surface area contributed by atoms with Gasteiger partial charge in [-0.15, -0.1) is 6.58 Å². The number of halogens is 1. The van der Waals surface area contributed by atoms with E-state index in [0.717, 1.165) is 81.9 Å². The van der Waals surface area contributed by atoms with E-state index in [1.807, 2.05) is 36.4 Å². The van der Waals surface area contributed by atoms with Gasteiger partial charge in [0, 0.05) is 79.9 Å². The Kier molecular flexibility index (Phi) is 11.0. The molecule has 4 aliphatic rings. The molecule has 3 saturated heterocycles. The molecule has 0 saturated carbocycles. The van der Waals surface area contributed by atoms with Crippen molar-refractivity contribution in [2.45, 2.75) is 56.6 Å². The number of nitrogens with zero attached hydrogens (tertiary/aromatic N) is 8. The molecule has 9 rings (SSSR count). The molecular weight excluding hydrogens is 859 g/mol. The number of fused-ring (bicyclic) bond motifs is 2. The minimum absolute atomic E-state index is 0.181. The first-order chi connectivity index (χ1) is 28.7. The van der Waals surface area contributed by atoms with E-state index < -0.39 is 5.60 Å². The van der Waals surface area contributed by atoms with E-state index in [-0.39, 0.29) is 29.8 Å². The van der Waals surface area contributed by atoms with Crippen LogP contribution < -0.4 is 26.0 Å². The maximum atomic E-state index is 13.5. The molecule has 5 aromatic rings. The number of piperidine rings is 2. The molecule has 3 N–H and O–H groups in total. The number of allylic oxidation sites excluding steroid dienone is 1. The van der Waals surface area contributed by atoms with Crippen molar-refractivity contribution in [2.75, 3.05) is 65.4 Å². The molecule has 1 aliphatic carbocycles. The summed E-state index contributed by atoms with van der Waals surface area (Å²) in [5, 5.41) is 17.4. The molecule has 2 aromatic carbocycles. The lowest BCUT2D eigenvalue weighted by Crippen LogP contribution is -2.49. The number of imide groups is 1. The number of aliphatic hydroxyl groups is 1. The van der Waals surface area contributed by atoms with Gasteiger partial charge in [0.1, 0.15) is 11.0 Å². The number of rotatable bonds is 11. The number of pyridine rings is 1. The van der Waals surface area contributed by atoms with Crippen LogP contribution in [0.25, 0.3) is 16.9 Å². The number of carbonyl (C=O) groups excluding carboxylic acids is 2. The zero-order chi connectivity index (χ0) is 40.7. The van der Waals surface area contributed by atoms with Gasteiger partial charge in [-0.2, -0.15) is 4.98 Å². The molecule has 59 heavy (non-hydrogen) atoms. The zero-order valence-electron chi connectivity index (χ0n) is 33.0. The maximum absolute atomic E-state index is 13.5. The Labute approximate surface area is 356 Å². The number of anilines is 4. The molecule has 0 radical (unpaired) electrons. The van der Waals surface area contributed by atoms with Crippen LogP contribution in [0.15, 0.2) is 84.3 Å². The standard InChI is InChI=1S/C44H49IN10O4/c1-2-19-54-42(58)36-26-46-43(50-40(36)55(54)37-13-5-31-15-18-44(59,28-45)39(31)48-37)47-32-6-10-34(11-7-32)53-24-22-51(23-25-53)27-29-16-20-52(21-17-29)33-8-3-30(4-9-33)35-12-14-38(56)49-41(35)57/h2-11,13,26,29,35,59H,1,12,14-25,27-28H2,(H,46,47,50)(H,49,56,57)/t35?,44-/m0/s1. The second kappa shape index (κ2) is 16.5. The third-order valence-electron chi connectivity index (χ3n) is 12.5. The van der Waals surface area contributed by atoms with Gasteiger partial charge in [-0.25, -0.2) is 19.3 Å². The molecule has 15 heteroatoms. The Morgan fingerprint density at radius 1 is 0.881 bits per heavy atom. The summed E-state index contributed by atoms with van der Waals surface area (Å²) in [7, 11) is 0. The SMILES string of the molecule is C=CCn1c(=O)c2cnc(Nc3ccc(N4CCN(CC5CCN(c6ccc(C7CCC(=O)NC7=O)cc6)CC5)CC4)cc3)nc2n1-c1ccc2c(n1)[C@@](O)(CI)CC2. The number of hydrogen-bond acceptors (Lipinski definition) is 11. The number of aromatic nitrogens is 5. The van der Waals surface area contributed by atoms with Crippen LogP contribution in [-0.2, 0) is 28.2 Å². The molecule has 3 fully saturated rings. The highest BCUT2D eigenvalue weighted by molar-refractivity contribution is 14.1. The van der Waals surface area contributed by atoms with E-state index in [1.165, 1.54) is 11.4 Å². The first kappa shape index (κ1) is 39.3. The minimum Gasteiger partial charge on any atom is -0.383 e. The molecule has 6 heterocycles. The van der Waals surface area contributed by atoms with Crippen LogP contribution in [-0.4, -0.2) is 96.4 Å². The highest BCUT2D eigenvalue weighted by Gasteiger charge is 2.38. The summed E-state index contributed by atoms with van der Waals surface area (Å²) >= 11 is 2.20. The van der Waals surface area contributed by atoms with Gasteiger partial charge in [0.2, 0.25) is 17.8 Å². The molecule has 2 atom stereocenters. The van der Waals surface area contributed by atoms with Gasteiger partial charge in [0.05, 0.1) is 18.2 Å². The van der Waals surface area contributed by atoms with Gasteiger partial charge in [-0.1, -0.05) is 46.9 Å². The lowest BCUT2D eigenvalue weighted by atomic mass is 9.90. The summed E-state index contributed by atoms with van der Waals surface area (Å²) in [6.07, 6.45) is 7.89. The lowest BCUT2D eigenvalue weighted by Gasteiger charge is -2.40. The number of benzene rings is 2. The Morgan fingerprint density at radius 3 is 2.29 bits per heavy atom. The topological polar surface area (TPSA) is 154 Å². The largest absolute Gasteiger partial charge is 0.383 e. The number of alkyl halides is 1. The molecule has 306 valence electrons. The Bertz CT molecular complexity index is 2430. The van der Waals surface area contributed by atoms with Crippen molar-refractivity contribution in [3.8, 4) is 5.82 Å². The Balaban J connectivity index is 0.793. The van der Waals surface area contributed by atoms with Crippen molar-refractivity contribution < 1.29 is 14.7 Å². The summed E-state index contributed by atoms with van der Waals surface area (Å²) in [6, 6.07) is 20.5. The number of carbonyl (C=O) groups is 2. The number of aryl methyl sites for hydroxylation is 1. The number of hydrogen-bond donors (Lipinski definition) is 3. The van der Waals surface area contributed by atoms with Crippen LogP contribution in [0.1, 0.15) is 54.8 Å². The summed E-state index contributed by atoms with van der Waals surface area (Å²) in [5.74, 6) is 0.931. The van der Waals surface area contributed by atoms with Crippen LogP contribution >= 0.6 is 22.6 Å². The van der Waals surface area contributed by atoms with Crippen molar-refractivity contribution in [2.24, 2.45) is 5.92 Å². The first-order valence-electron chi connectivity index (χ1n) is 20.6. The van der Waals surface area contributed by atoms with Crippen molar-refractivity contribution in [3.05, 3.63) is 107 Å². The van der Waals surface area contributed by atoms with Crippen molar-refractivity contribution >= 4 is 68.4 Å². The van der Waals surface area contributed by atoms with E-state index >= 15 is 0 Å². The average molecular weight is 909 g/mol. The van der Waals surface area contributed by atoms with Crippen LogP contribution in [0.2, 0.25) is 0 Å². The van der Waals surface area contributed by atoms with Gasteiger partial charge in [-0.3, -0.25) is 24.6 Å². The summed E-state index contributed by atoms with van der Waals surface area (Å²) in [6.45, 7) is 11.3. The molecule has 3 aromatic heterocycles. The fourth-order valence-corrected chi connectivity index (χ4v) is 9.88. The minimum atomic E-state index is -1.00. The van der Waals surface area contributed by atoms with Crippen molar-refractivity contribution in [1.29, 1.82) is 0 Å². The number of piperazine rings is 1. The van der Waals surface area contributed by atoms with Crippen molar-refractivity contribution in [3.63, 3.8) is 0 Å². The fraction of sp³-hybridized carbons (Fsp3) is 0.409. The van der Waals surface area contributed by atoms with Gasteiger partial charge in [-0.05, 0) is 91.6 Å². The summed E-state index contributed by atoms with van der Waals surface area (Å²) < 4.78 is 3.79. The third kappa shape index (κ3) is 7.87. The average Bonchev–Trinajstić information content (AvgIpc) is 3.74. The smallest absolute Gasteiger partial charge is 0.278 e. The maximum Gasteiger partial charge on any atom is 0.278 e. The van der Waals surface area contributed by atoms with Crippen LogP contribution in [0.4, 0.5) is 23.0 Å². The Hall–Kier alpha value is -5.13. The van der Waals surface area contributed by atoms with E-state index in [1.54, 1.807) is 21.6 Å².